The summed E-state index contributed by atoms with van der Waals surface area (Å²) in [7, 11) is 6.96. The van der Waals surface area contributed by atoms with Gasteiger partial charge in [-0.05, 0) is 64.8 Å². The molecule has 0 saturated carbocycles. The van der Waals surface area contributed by atoms with E-state index in [2.05, 4.69) is 46.6 Å². The summed E-state index contributed by atoms with van der Waals surface area (Å²) in [4.78, 5) is 43.5. The molecule has 0 radical (unpaired) electrons. The van der Waals surface area contributed by atoms with Crippen LogP contribution in [0, 0.1) is 5.41 Å². The highest BCUT2D eigenvalue weighted by molar-refractivity contribution is 5.92. The molecule has 41 heavy (non-hydrogen) atoms. The Kier molecular flexibility index (Phi) is 8.97. The van der Waals surface area contributed by atoms with Crippen molar-refractivity contribution in [3.8, 4) is 0 Å². The molecule has 9 nitrogen and oxygen atoms in total. The Morgan fingerprint density at radius 1 is 1.10 bits per heavy atom. The van der Waals surface area contributed by atoms with Crippen molar-refractivity contribution >= 4 is 40.5 Å². The molecule has 2 amide bonds. The third-order valence-electron chi connectivity index (χ3n) is 8.14. The van der Waals surface area contributed by atoms with Crippen LogP contribution in [0.3, 0.4) is 0 Å². The van der Waals surface area contributed by atoms with E-state index >= 15 is 0 Å². The van der Waals surface area contributed by atoms with E-state index in [-0.39, 0.29) is 25.5 Å². The maximum Gasteiger partial charge on any atom is 0.407 e. The Hall–Kier alpha value is -3.59. The van der Waals surface area contributed by atoms with Gasteiger partial charge >= 0.3 is 12.1 Å². The number of anilines is 1. The van der Waals surface area contributed by atoms with Crippen molar-refractivity contribution in [3.63, 3.8) is 0 Å². The topological polar surface area (TPSA) is 97.4 Å². The highest BCUT2D eigenvalue weighted by atomic mass is 16.5. The van der Waals surface area contributed by atoms with Crippen molar-refractivity contribution in [2.24, 2.45) is 5.41 Å². The number of carbonyl (C=O) groups excluding carboxylic acids is 3. The Morgan fingerprint density at radius 3 is 2.51 bits per heavy atom. The van der Waals surface area contributed by atoms with Gasteiger partial charge in [-0.25, -0.2) is 9.59 Å². The molecular weight excluding hydrogens is 522 g/mol. The van der Waals surface area contributed by atoms with Gasteiger partial charge in [-0.3, -0.25) is 4.79 Å². The molecular formula is C32H43N3O6. The zero-order valence-electron chi connectivity index (χ0n) is 25.3. The van der Waals surface area contributed by atoms with Crippen LogP contribution in [0.2, 0.25) is 0 Å². The smallest absolute Gasteiger partial charge is 0.407 e. The molecule has 0 unspecified atom stereocenters. The first kappa shape index (κ1) is 30.4. The number of ether oxygens (including phenoxy) is 3. The molecule has 0 aliphatic carbocycles. The summed E-state index contributed by atoms with van der Waals surface area (Å²) < 4.78 is 16.7. The van der Waals surface area contributed by atoms with Crippen LogP contribution in [0.4, 0.5) is 10.5 Å². The van der Waals surface area contributed by atoms with Crippen LogP contribution in [0.5, 0.6) is 0 Å². The predicted molar refractivity (Wildman–Crippen MR) is 160 cm³/mol. The van der Waals surface area contributed by atoms with Crippen molar-refractivity contribution in [2.45, 2.75) is 64.1 Å². The quantitative estimate of drug-likeness (QED) is 0.531. The van der Waals surface area contributed by atoms with Gasteiger partial charge in [-0.1, -0.05) is 45.1 Å². The Morgan fingerprint density at radius 2 is 1.85 bits per heavy atom. The number of rotatable bonds is 3. The van der Waals surface area contributed by atoms with E-state index in [1.165, 1.54) is 12.0 Å². The molecule has 2 heterocycles. The number of methoxy groups -OCH3 is 2. The van der Waals surface area contributed by atoms with Crippen molar-refractivity contribution < 1.29 is 28.6 Å². The molecule has 1 fully saturated rings. The molecule has 0 spiro atoms. The minimum Gasteiger partial charge on any atom is -0.467 e. The second-order valence-electron chi connectivity index (χ2n) is 12.3. The highest BCUT2D eigenvalue weighted by Crippen LogP contribution is 2.42. The average molecular weight is 566 g/mol. The van der Waals surface area contributed by atoms with Gasteiger partial charge in [0.1, 0.15) is 17.7 Å². The normalized spacial score (nSPS) is 24.0. The number of esters is 1. The summed E-state index contributed by atoms with van der Waals surface area (Å²) >= 11 is 0. The number of alkyl carbamates (subject to hydrolysis) is 1. The van der Waals surface area contributed by atoms with Crippen LogP contribution in [0.15, 0.2) is 36.4 Å². The van der Waals surface area contributed by atoms with E-state index in [1.807, 2.05) is 40.9 Å². The van der Waals surface area contributed by atoms with E-state index in [4.69, 9.17) is 14.2 Å². The summed E-state index contributed by atoms with van der Waals surface area (Å²) in [5.41, 5.74) is 1.45. The molecule has 2 aromatic carbocycles. The number of allylic oxidation sites excluding steroid dienone is 1. The lowest BCUT2D eigenvalue weighted by molar-refractivity contribution is -0.152. The molecule has 1 saturated heterocycles. The molecule has 3 atom stereocenters. The van der Waals surface area contributed by atoms with Crippen LogP contribution in [0.1, 0.15) is 57.6 Å². The lowest BCUT2D eigenvalue weighted by atomic mass is 9.85. The van der Waals surface area contributed by atoms with Gasteiger partial charge in [0.05, 0.1) is 20.3 Å². The van der Waals surface area contributed by atoms with Crippen molar-refractivity contribution in [2.75, 3.05) is 46.4 Å². The van der Waals surface area contributed by atoms with E-state index in [9.17, 15) is 14.4 Å². The first-order valence-electron chi connectivity index (χ1n) is 14.2. The third kappa shape index (κ3) is 6.35. The van der Waals surface area contributed by atoms with Gasteiger partial charge < -0.3 is 29.3 Å². The maximum absolute atomic E-state index is 14.1. The molecule has 1 N–H and O–H groups in total. The lowest BCUT2D eigenvalue weighted by Crippen LogP contribution is -2.57. The highest BCUT2D eigenvalue weighted by Gasteiger charge is 2.53. The fraction of sp³-hybridized carbons (Fsp3) is 0.531. The Balaban J connectivity index is 1.86. The van der Waals surface area contributed by atoms with Crippen molar-refractivity contribution in [1.82, 2.24) is 10.2 Å². The number of nitrogens with one attached hydrogen (secondary N) is 1. The van der Waals surface area contributed by atoms with Crippen molar-refractivity contribution in [1.29, 1.82) is 0 Å². The fourth-order valence-corrected chi connectivity index (χ4v) is 5.75. The number of carbonyl (C=O) groups is 3. The number of nitrogens with zero attached hydrogens (tertiary/aromatic N) is 2. The molecule has 9 heteroatoms. The van der Waals surface area contributed by atoms with Crippen LogP contribution >= 0.6 is 0 Å². The Bertz CT molecular complexity index is 1330. The second-order valence-corrected chi connectivity index (χ2v) is 12.3. The minimum atomic E-state index is -0.954. The molecule has 0 aromatic heterocycles. The van der Waals surface area contributed by atoms with Gasteiger partial charge in [0.15, 0.2) is 0 Å². The largest absolute Gasteiger partial charge is 0.467 e. The molecule has 2 aromatic rings. The first-order valence-corrected chi connectivity index (χ1v) is 14.2. The van der Waals surface area contributed by atoms with Gasteiger partial charge in [-0.2, -0.15) is 0 Å². The molecule has 2 aliphatic heterocycles. The summed E-state index contributed by atoms with van der Waals surface area (Å²) in [6, 6.07) is 8.67. The van der Waals surface area contributed by atoms with E-state index in [0.29, 0.717) is 6.42 Å². The fourth-order valence-electron chi connectivity index (χ4n) is 5.75. The van der Waals surface area contributed by atoms with E-state index in [0.717, 1.165) is 40.4 Å². The van der Waals surface area contributed by atoms with E-state index < -0.39 is 35.2 Å². The number of hydrogen-bond donors (Lipinski definition) is 1. The predicted octanol–water partition coefficient (Wildman–Crippen LogP) is 4.86. The van der Waals surface area contributed by atoms with Gasteiger partial charge in [-0.15, -0.1) is 0 Å². The SMILES string of the molecule is COC(=O)[C@@H]1C[C@]2(OC)CN1C(=O)[C@H](C(C)(C)C)NC(=O)OCCCCC=Cc1cc3cc2ccc3cc1N(C)C. The maximum atomic E-state index is 14.1. The number of amides is 2. The standard InChI is InChI=1S/C32H43N3O6/c1-31(2,3)27-28(36)35-20-32(40-7,19-26(35)29(37)39-6)24-14-13-21-18-25(34(4)5)22(16-23(21)17-24)12-10-8-9-11-15-41-30(38)33-27/h10,12-14,16-18,26-27H,8-9,11,15,19-20H2,1-7H3,(H,33,38)/t26-,27+,32-/m0/s1. The summed E-state index contributed by atoms with van der Waals surface area (Å²) in [6.07, 6.45) is 6.23. The van der Waals surface area contributed by atoms with Gasteiger partial charge in [0, 0.05) is 33.3 Å². The second kappa shape index (κ2) is 12.1. The van der Waals surface area contributed by atoms with E-state index in [1.54, 1.807) is 7.11 Å². The molecule has 4 rings (SSSR count). The summed E-state index contributed by atoms with van der Waals surface area (Å²) in [5, 5.41) is 4.89. The molecule has 2 aliphatic rings. The molecule has 5 bridgehead atoms. The zero-order chi connectivity index (χ0) is 29.9. The van der Waals surface area contributed by atoms with Crippen LogP contribution in [0.25, 0.3) is 16.8 Å². The monoisotopic (exact) mass is 565 g/mol. The third-order valence-corrected chi connectivity index (χ3v) is 8.14. The number of fused-ring (bicyclic) bond motifs is 5. The first-order chi connectivity index (χ1) is 19.4. The Labute approximate surface area is 242 Å². The minimum absolute atomic E-state index is 0.124. The van der Waals surface area contributed by atoms with Crippen LogP contribution in [-0.4, -0.2) is 76.4 Å². The summed E-state index contributed by atoms with van der Waals surface area (Å²) in [6.45, 7) is 5.97. The van der Waals surface area contributed by atoms with Gasteiger partial charge in [0.25, 0.3) is 0 Å². The number of hydrogen-bond acceptors (Lipinski definition) is 7. The van der Waals surface area contributed by atoms with Crippen LogP contribution in [-0.2, 0) is 29.4 Å². The number of benzene rings is 2. The average Bonchev–Trinajstić information content (AvgIpc) is 3.34. The number of cyclic esters (lactones) is 1. The van der Waals surface area contributed by atoms with Crippen molar-refractivity contribution in [3.05, 3.63) is 47.5 Å². The zero-order valence-corrected chi connectivity index (χ0v) is 25.3. The van der Waals surface area contributed by atoms with Crippen LogP contribution < -0.4 is 10.2 Å². The van der Waals surface area contributed by atoms with Gasteiger partial charge in [0.2, 0.25) is 5.91 Å². The summed E-state index contributed by atoms with van der Waals surface area (Å²) in [5.74, 6) is -0.914. The molecule has 222 valence electrons. The lowest BCUT2D eigenvalue weighted by Gasteiger charge is -2.35.